The molecule has 10 heteroatoms. The van der Waals surface area contributed by atoms with Crippen LogP contribution in [0.3, 0.4) is 0 Å². The zero-order valence-electron chi connectivity index (χ0n) is 18.9. The highest BCUT2D eigenvalue weighted by atomic mass is 32.2. The minimum absolute atomic E-state index is 0.0115. The largest absolute Gasteiger partial charge is 0.350 e. The Morgan fingerprint density at radius 1 is 1.06 bits per heavy atom. The average Bonchev–Trinajstić information content (AvgIpc) is 2.79. The zero-order chi connectivity index (χ0) is 25.0. The summed E-state index contributed by atoms with van der Waals surface area (Å²) in [4.78, 5) is 24.1. The third-order valence-electron chi connectivity index (χ3n) is 5.78. The van der Waals surface area contributed by atoms with Crippen molar-refractivity contribution in [1.82, 2.24) is 14.9 Å². The number of piperidine rings is 1. The van der Waals surface area contributed by atoms with Crippen LogP contribution in [-0.2, 0) is 21.4 Å². The minimum atomic E-state index is -3.83. The number of benzene rings is 2. The molecule has 0 aliphatic carbocycles. The lowest BCUT2D eigenvalue weighted by atomic mass is 9.95. The number of hydrogen-bond donors (Lipinski definition) is 2. The van der Waals surface area contributed by atoms with Gasteiger partial charge in [-0.1, -0.05) is 12.6 Å². The van der Waals surface area contributed by atoms with Gasteiger partial charge in [0.2, 0.25) is 15.9 Å². The Bertz CT molecular complexity index is 1170. The van der Waals surface area contributed by atoms with E-state index in [1.807, 2.05) is 0 Å². The summed E-state index contributed by atoms with van der Waals surface area (Å²) >= 11 is 0. The van der Waals surface area contributed by atoms with Crippen LogP contribution in [0.4, 0.5) is 8.78 Å². The quantitative estimate of drug-likeness (QED) is 0.582. The second-order valence-electron chi connectivity index (χ2n) is 8.37. The van der Waals surface area contributed by atoms with Crippen molar-refractivity contribution < 1.29 is 26.8 Å². The Hall–Kier alpha value is -3.11. The van der Waals surface area contributed by atoms with E-state index in [0.717, 1.165) is 12.1 Å². The highest BCUT2D eigenvalue weighted by Crippen LogP contribution is 2.30. The lowest BCUT2D eigenvalue weighted by Crippen LogP contribution is -2.54. The fourth-order valence-electron chi connectivity index (χ4n) is 4.25. The van der Waals surface area contributed by atoms with E-state index in [0.29, 0.717) is 18.4 Å². The summed E-state index contributed by atoms with van der Waals surface area (Å²) in [6.45, 7) is 7.01. The van der Waals surface area contributed by atoms with Crippen LogP contribution in [0, 0.1) is 11.6 Å². The first-order chi connectivity index (χ1) is 16.0. The molecule has 0 bridgehead atoms. The second-order valence-corrected chi connectivity index (χ2v) is 10.2. The molecule has 0 saturated carbocycles. The van der Waals surface area contributed by atoms with E-state index >= 15 is 0 Å². The van der Waals surface area contributed by atoms with Gasteiger partial charge in [0.25, 0.3) is 5.91 Å². The molecule has 1 fully saturated rings. The zero-order valence-corrected chi connectivity index (χ0v) is 19.7. The number of sulfonamides is 1. The van der Waals surface area contributed by atoms with Crippen LogP contribution >= 0.6 is 0 Å². The minimum Gasteiger partial charge on any atom is -0.350 e. The van der Waals surface area contributed by atoms with Gasteiger partial charge in [0.05, 0.1) is 4.90 Å². The van der Waals surface area contributed by atoms with Crippen LogP contribution in [0.5, 0.6) is 0 Å². The Kier molecular flexibility index (Phi) is 7.83. The van der Waals surface area contributed by atoms with Gasteiger partial charge in [0, 0.05) is 30.2 Å². The van der Waals surface area contributed by atoms with Gasteiger partial charge in [0.1, 0.15) is 0 Å². The van der Waals surface area contributed by atoms with E-state index in [9.17, 15) is 26.8 Å². The summed E-state index contributed by atoms with van der Waals surface area (Å²) in [7, 11) is -3.83. The molecule has 2 N–H and O–H groups in total. The Labute approximate surface area is 197 Å². The molecular formula is C24H27F2N3O4S. The standard InChI is InChI=1S/C24H27F2N3O4S/c1-4-23(30)28-19-11-15(2)29(16(3)12-19)34(32,33)20-8-6-18(7-9-20)24(31)27-14-17-5-10-21(25)22(26)13-17/h4-10,13,15-16,19H,1,11-12,14H2,2-3H3,(H,27,31)(H,28,30). The van der Waals surface area contributed by atoms with Crippen LogP contribution < -0.4 is 10.6 Å². The molecule has 1 saturated heterocycles. The third kappa shape index (κ3) is 5.68. The van der Waals surface area contributed by atoms with Gasteiger partial charge >= 0.3 is 0 Å². The molecule has 2 unspecified atom stereocenters. The van der Waals surface area contributed by atoms with Crippen molar-refractivity contribution in [2.75, 3.05) is 0 Å². The number of carbonyl (C=O) groups excluding carboxylic acids is 2. The fourth-order valence-corrected chi connectivity index (χ4v) is 6.09. The Balaban J connectivity index is 1.67. The van der Waals surface area contributed by atoms with E-state index < -0.39 is 27.6 Å². The monoisotopic (exact) mass is 491 g/mol. The topological polar surface area (TPSA) is 95.6 Å². The lowest BCUT2D eigenvalue weighted by molar-refractivity contribution is -0.117. The van der Waals surface area contributed by atoms with Gasteiger partial charge in [-0.05, 0) is 74.7 Å². The average molecular weight is 492 g/mol. The van der Waals surface area contributed by atoms with Gasteiger partial charge in [-0.25, -0.2) is 17.2 Å². The molecular weight excluding hydrogens is 464 g/mol. The maximum atomic E-state index is 13.3. The predicted octanol–water partition coefficient (Wildman–Crippen LogP) is 3.13. The van der Waals surface area contributed by atoms with Crippen molar-refractivity contribution in [2.24, 2.45) is 0 Å². The smallest absolute Gasteiger partial charge is 0.251 e. The fraction of sp³-hybridized carbons (Fsp3) is 0.333. The molecule has 2 aromatic rings. The van der Waals surface area contributed by atoms with Crippen molar-refractivity contribution in [2.45, 2.75) is 56.3 Å². The molecule has 34 heavy (non-hydrogen) atoms. The van der Waals surface area contributed by atoms with E-state index in [1.54, 1.807) is 13.8 Å². The first-order valence-corrected chi connectivity index (χ1v) is 12.3. The molecule has 1 aliphatic rings. The van der Waals surface area contributed by atoms with Gasteiger partial charge in [-0.2, -0.15) is 4.31 Å². The van der Waals surface area contributed by atoms with Gasteiger partial charge < -0.3 is 10.6 Å². The van der Waals surface area contributed by atoms with Crippen molar-refractivity contribution in [1.29, 1.82) is 0 Å². The summed E-state index contributed by atoms with van der Waals surface area (Å²) in [6.07, 6.45) is 2.12. The van der Waals surface area contributed by atoms with Crippen LogP contribution in [0.1, 0.15) is 42.6 Å². The maximum absolute atomic E-state index is 13.3. The number of hydrogen-bond acceptors (Lipinski definition) is 4. The molecule has 1 aliphatic heterocycles. The molecule has 0 spiro atoms. The third-order valence-corrected chi connectivity index (χ3v) is 7.92. The molecule has 2 amide bonds. The number of amides is 2. The van der Waals surface area contributed by atoms with Crippen molar-refractivity contribution in [3.05, 3.63) is 77.9 Å². The highest BCUT2D eigenvalue weighted by molar-refractivity contribution is 7.89. The lowest BCUT2D eigenvalue weighted by Gasteiger charge is -2.41. The Morgan fingerprint density at radius 2 is 1.68 bits per heavy atom. The van der Waals surface area contributed by atoms with E-state index in [1.165, 1.54) is 40.7 Å². The second kappa shape index (κ2) is 10.4. The number of rotatable bonds is 7. The van der Waals surface area contributed by atoms with E-state index in [-0.39, 0.29) is 41.0 Å². The first-order valence-electron chi connectivity index (χ1n) is 10.8. The maximum Gasteiger partial charge on any atom is 0.251 e. The summed E-state index contributed by atoms with van der Waals surface area (Å²) in [5, 5.41) is 5.42. The number of halogens is 2. The van der Waals surface area contributed by atoms with E-state index in [2.05, 4.69) is 17.2 Å². The number of nitrogens with one attached hydrogen (secondary N) is 2. The molecule has 0 radical (unpaired) electrons. The molecule has 2 aromatic carbocycles. The van der Waals surface area contributed by atoms with Crippen molar-refractivity contribution in [3.63, 3.8) is 0 Å². The van der Waals surface area contributed by atoms with Gasteiger partial charge in [-0.3, -0.25) is 9.59 Å². The molecule has 182 valence electrons. The van der Waals surface area contributed by atoms with Gasteiger partial charge in [-0.15, -0.1) is 0 Å². The summed E-state index contributed by atoms with van der Waals surface area (Å²) < 4.78 is 54.4. The van der Waals surface area contributed by atoms with Gasteiger partial charge in [0.15, 0.2) is 11.6 Å². The molecule has 0 aromatic heterocycles. The highest BCUT2D eigenvalue weighted by Gasteiger charge is 2.39. The molecule has 7 nitrogen and oxygen atoms in total. The summed E-state index contributed by atoms with van der Waals surface area (Å²) in [5.41, 5.74) is 0.621. The van der Waals surface area contributed by atoms with Crippen LogP contribution in [0.25, 0.3) is 0 Å². The number of carbonyl (C=O) groups is 2. The van der Waals surface area contributed by atoms with Crippen LogP contribution in [0.2, 0.25) is 0 Å². The summed E-state index contributed by atoms with van der Waals surface area (Å²) in [6, 6.07) is 8.05. The first kappa shape index (κ1) is 25.5. The molecule has 3 rings (SSSR count). The van der Waals surface area contributed by atoms with Crippen LogP contribution in [-0.4, -0.2) is 42.7 Å². The Morgan fingerprint density at radius 3 is 2.24 bits per heavy atom. The van der Waals surface area contributed by atoms with Crippen molar-refractivity contribution >= 4 is 21.8 Å². The van der Waals surface area contributed by atoms with Crippen LogP contribution in [0.15, 0.2) is 60.0 Å². The van der Waals surface area contributed by atoms with E-state index in [4.69, 9.17) is 0 Å². The normalized spacial score (nSPS) is 21.0. The SMILES string of the molecule is C=CC(=O)NC1CC(C)N(S(=O)(=O)c2ccc(C(=O)NCc3ccc(F)c(F)c3)cc2)C(C)C1. The molecule has 1 heterocycles. The number of nitrogens with zero attached hydrogens (tertiary/aromatic N) is 1. The predicted molar refractivity (Wildman–Crippen MR) is 123 cm³/mol. The molecule has 2 atom stereocenters. The van der Waals surface area contributed by atoms with Crippen molar-refractivity contribution in [3.8, 4) is 0 Å². The summed E-state index contributed by atoms with van der Waals surface area (Å²) in [5.74, 6) is -2.74.